The number of hydrogen-bond acceptors (Lipinski definition) is 5. The molecule has 0 unspecified atom stereocenters. The Bertz CT molecular complexity index is 1200. The monoisotopic (exact) mass is 561 g/mol. The van der Waals surface area contributed by atoms with Crippen LogP contribution in [-0.4, -0.2) is 67.3 Å². The standard InChI is InChI=1S/C31H38F3NO5/c1-20-14-24-23-9-5-4-8-21(23)15-25(24)30(35(20)19-31(2,3)34)29-26(32)16-22(17-27(29)33)40-13-12-38-10-6-7-11-39-18-28(36)37/h4-5,8-9,16-17,20,30H,6-7,10-15,18-19H2,1-3H3,(H,36,37)/t20-,30+/m1/s1. The highest BCUT2D eigenvalue weighted by Gasteiger charge is 2.42. The molecule has 4 rings (SSSR count). The molecule has 1 aliphatic carbocycles. The zero-order valence-electron chi connectivity index (χ0n) is 23.4. The maximum atomic E-state index is 15.7. The van der Waals surface area contributed by atoms with Crippen LogP contribution in [0.15, 0.2) is 42.0 Å². The largest absolute Gasteiger partial charge is 0.491 e. The highest BCUT2D eigenvalue weighted by atomic mass is 19.1. The van der Waals surface area contributed by atoms with E-state index in [1.165, 1.54) is 26.0 Å². The van der Waals surface area contributed by atoms with Gasteiger partial charge in [-0.3, -0.25) is 4.90 Å². The Kier molecular flexibility index (Phi) is 9.92. The first kappa shape index (κ1) is 30.1. The zero-order chi connectivity index (χ0) is 28.9. The number of carboxylic acids is 1. The van der Waals surface area contributed by atoms with E-state index in [0.29, 0.717) is 38.9 Å². The van der Waals surface area contributed by atoms with Gasteiger partial charge < -0.3 is 19.3 Å². The lowest BCUT2D eigenvalue weighted by molar-refractivity contribution is -0.142. The summed E-state index contributed by atoms with van der Waals surface area (Å²) in [5.74, 6) is -2.38. The number of alkyl halides is 1. The van der Waals surface area contributed by atoms with Gasteiger partial charge in [0.25, 0.3) is 0 Å². The molecule has 0 saturated heterocycles. The lowest BCUT2D eigenvalue weighted by Gasteiger charge is -2.44. The van der Waals surface area contributed by atoms with Crippen molar-refractivity contribution >= 4 is 11.5 Å². The van der Waals surface area contributed by atoms with Gasteiger partial charge >= 0.3 is 5.97 Å². The van der Waals surface area contributed by atoms with Crippen LogP contribution >= 0.6 is 0 Å². The van der Waals surface area contributed by atoms with Gasteiger partial charge in [0.15, 0.2) is 0 Å². The van der Waals surface area contributed by atoms with Gasteiger partial charge in [-0.15, -0.1) is 0 Å². The summed E-state index contributed by atoms with van der Waals surface area (Å²) >= 11 is 0. The second-order valence-corrected chi connectivity index (χ2v) is 11.1. The van der Waals surface area contributed by atoms with E-state index in [4.69, 9.17) is 19.3 Å². The number of unbranched alkanes of at least 4 members (excludes halogenated alkanes) is 1. The number of ether oxygens (including phenoxy) is 3. The smallest absolute Gasteiger partial charge is 0.329 e. The van der Waals surface area contributed by atoms with Crippen molar-refractivity contribution in [1.82, 2.24) is 4.90 Å². The van der Waals surface area contributed by atoms with Crippen molar-refractivity contribution in [2.45, 2.75) is 64.2 Å². The van der Waals surface area contributed by atoms with Crippen molar-refractivity contribution < 1.29 is 37.3 Å². The molecule has 1 heterocycles. The molecule has 0 fully saturated rings. The normalized spacial score (nSPS) is 19.1. The van der Waals surface area contributed by atoms with E-state index in [1.807, 2.05) is 30.0 Å². The Balaban J connectivity index is 1.44. The Morgan fingerprint density at radius 2 is 1.73 bits per heavy atom. The molecule has 40 heavy (non-hydrogen) atoms. The third kappa shape index (κ3) is 7.44. The van der Waals surface area contributed by atoms with Crippen LogP contribution in [0.3, 0.4) is 0 Å². The molecule has 2 aromatic rings. The number of benzene rings is 2. The molecule has 0 aromatic heterocycles. The molecule has 0 spiro atoms. The molecule has 0 bridgehead atoms. The first-order valence-electron chi connectivity index (χ1n) is 13.8. The molecule has 9 heteroatoms. The molecule has 2 atom stereocenters. The van der Waals surface area contributed by atoms with Crippen LogP contribution in [-0.2, 0) is 20.7 Å². The molecular formula is C31H38F3NO5. The average Bonchev–Trinajstić information content (AvgIpc) is 3.23. The van der Waals surface area contributed by atoms with Gasteiger partial charge in [0, 0.05) is 43.5 Å². The van der Waals surface area contributed by atoms with Gasteiger partial charge in [0.1, 0.15) is 36.3 Å². The van der Waals surface area contributed by atoms with E-state index >= 15 is 8.78 Å². The Morgan fingerprint density at radius 1 is 1.05 bits per heavy atom. The first-order chi connectivity index (χ1) is 19.0. The number of aliphatic carboxylic acids is 1. The molecule has 6 nitrogen and oxygen atoms in total. The van der Waals surface area contributed by atoms with Crippen molar-refractivity contribution in [3.63, 3.8) is 0 Å². The van der Waals surface area contributed by atoms with Crippen molar-refractivity contribution in [2.75, 3.05) is 39.6 Å². The number of carbonyl (C=O) groups is 1. The van der Waals surface area contributed by atoms with Crippen molar-refractivity contribution in [3.05, 3.63) is 70.3 Å². The van der Waals surface area contributed by atoms with Crippen molar-refractivity contribution in [1.29, 1.82) is 0 Å². The summed E-state index contributed by atoms with van der Waals surface area (Å²) in [7, 11) is 0. The number of hydrogen-bond donors (Lipinski definition) is 1. The number of nitrogens with zero attached hydrogens (tertiary/aromatic N) is 1. The maximum absolute atomic E-state index is 15.7. The molecule has 2 aromatic carbocycles. The fourth-order valence-corrected chi connectivity index (χ4v) is 5.64. The Hall–Kier alpha value is -2.88. The van der Waals surface area contributed by atoms with Crippen LogP contribution < -0.4 is 4.74 Å². The number of fused-ring (bicyclic) bond motifs is 2. The lowest BCUT2D eigenvalue weighted by Crippen LogP contribution is -2.47. The van der Waals surface area contributed by atoms with Crippen LogP contribution in [0.5, 0.6) is 5.75 Å². The van der Waals surface area contributed by atoms with Crippen LogP contribution in [0.25, 0.3) is 5.57 Å². The van der Waals surface area contributed by atoms with E-state index in [9.17, 15) is 9.18 Å². The van der Waals surface area contributed by atoms with Gasteiger partial charge in [0.2, 0.25) is 0 Å². The first-order valence-corrected chi connectivity index (χ1v) is 13.8. The third-order valence-electron chi connectivity index (χ3n) is 7.27. The SMILES string of the molecule is C[C@@H]1CC2=C(Cc3ccccc32)[C@@H](c2c(F)cc(OCCOCCCCOCC(=O)O)cc2F)N1CC(C)(C)F. The van der Waals surface area contributed by atoms with E-state index < -0.39 is 29.3 Å². The molecule has 2 aliphatic rings. The van der Waals surface area contributed by atoms with Crippen LogP contribution in [0.1, 0.15) is 62.8 Å². The van der Waals surface area contributed by atoms with Crippen LogP contribution in [0.2, 0.25) is 0 Å². The van der Waals surface area contributed by atoms with Gasteiger partial charge in [0.05, 0.1) is 12.6 Å². The van der Waals surface area contributed by atoms with Crippen LogP contribution in [0.4, 0.5) is 13.2 Å². The maximum Gasteiger partial charge on any atom is 0.329 e. The molecular weight excluding hydrogens is 523 g/mol. The average molecular weight is 562 g/mol. The van der Waals surface area contributed by atoms with E-state index in [2.05, 4.69) is 6.07 Å². The summed E-state index contributed by atoms with van der Waals surface area (Å²) in [4.78, 5) is 12.3. The van der Waals surface area contributed by atoms with Gasteiger partial charge in [-0.1, -0.05) is 24.3 Å². The summed E-state index contributed by atoms with van der Waals surface area (Å²) < 4.78 is 62.3. The van der Waals surface area contributed by atoms with Gasteiger partial charge in [-0.2, -0.15) is 0 Å². The number of carboxylic acid groups (broad SMARTS) is 1. The topological polar surface area (TPSA) is 68.2 Å². The molecule has 1 N–H and O–H groups in total. The second-order valence-electron chi connectivity index (χ2n) is 11.1. The summed E-state index contributed by atoms with van der Waals surface area (Å²) in [6.07, 6.45) is 2.61. The molecule has 0 saturated carbocycles. The predicted octanol–water partition coefficient (Wildman–Crippen LogP) is 6.13. The molecule has 0 amide bonds. The summed E-state index contributed by atoms with van der Waals surface area (Å²) in [6, 6.07) is 9.58. The Labute approximate surface area is 233 Å². The van der Waals surface area contributed by atoms with Crippen molar-refractivity contribution in [2.24, 2.45) is 0 Å². The Morgan fingerprint density at radius 3 is 2.40 bits per heavy atom. The quantitative estimate of drug-likeness (QED) is 0.280. The molecule has 218 valence electrons. The zero-order valence-corrected chi connectivity index (χ0v) is 23.4. The summed E-state index contributed by atoms with van der Waals surface area (Å²) in [5.41, 5.74) is 2.64. The third-order valence-corrected chi connectivity index (χ3v) is 7.27. The lowest BCUT2D eigenvalue weighted by atomic mass is 9.84. The fraction of sp³-hybridized carbons (Fsp3) is 0.516. The minimum absolute atomic E-state index is 0.0477. The highest BCUT2D eigenvalue weighted by molar-refractivity contribution is 5.79. The second kappa shape index (κ2) is 13.2. The van der Waals surface area contributed by atoms with Gasteiger partial charge in [-0.05, 0) is 68.7 Å². The highest BCUT2D eigenvalue weighted by Crippen LogP contribution is 2.50. The molecule has 1 aliphatic heterocycles. The minimum atomic E-state index is -1.54. The van der Waals surface area contributed by atoms with E-state index in [-0.39, 0.29) is 43.7 Å². The van der Waals surface area contributed by atoms with Crippen molar-refractivity contribution in [3.8, 4) is 5.75 Å². The van der Waals surface area contributed by atoms with Gasteiger partial charge in [-0.25, -0.2) is 18.0 Å². The molecule has 0 radical (unpaired) electrons. The number of rotatable bonds is 14. The van der Waals surface area contributed by atoms with E-state index in [1.54, 1.807) is 0 Å². The summed E-state index contributed by atoms with van der Waals surface area (Å²) in [6.45, 7) is 5.80. The predicted molar refractivity (Wildman–Crippen MR) is 146 cm³/mol. The minimum Gasteiger partial charge on any atom is -0.491 e. The summed E-state index contributed by atoms with van der Waals surface area (Å²) in [5, 5.41) is 8.53. The fourth-order valence-electron chi connectivity index (χ4n) is 5.64. The van der Waals surface area contributed by atoms with Crippen LogP contribution in [0, 0.1) is 11.6 Å². The number of halogens is 3. The van der Waals surface area contributed by atoms with E-state index in [0.717, 1.165) is 22.3 Å².